The molecule has 0 aliphatic heterocycles. The zero-order chi connectivity index (χ0) is 10.8. The molecule has 0 aromatic heterocycles. The maximum atomic E-state index is 11.3. The van der Waals surface area contributed by atoms with Gasteiger partial charge in [-0.3, -0.25) is 4.79 Å². The summed E-state index contributed by atoms with van der Waals surface area (Å²) in [5.41, 5.74) is -0.479. The Morgan fingerprint density at radius 1 is 1.50 bits per heavy atom. The van der Waals surface area contributed by atoms with Crippen LogP contribution < -0.4 is 5.32 Å². The number of carbonyl (C=O) groups is 2. The Labute approximate surface area is 84.0 Å². The van der Waals surface area contributed by atoms with Crippen LogP contribution in [0.3, 0.4) is 0 Å². The number of ether oxygens (including phenoxy) is 1. The van der Waals surface area contributed by atoms with Crippen LogP contribution in [0.4, 0.5) is 4.79 Å². The normalized spacial score (nSPS) is 22.2. The third-order valence-electron chi connectivity index (χ3n) is 1.97. The summed E-state index contributed by atoms with van der Waals surface area (Å²) in [5.74, 6) is 0.214. The van der Waals surface area contributed by atoms with Crippen LogP contribution in [0.1, 0.15) is 40.0 Å². The molecule has 1 atom stereocenters. The van der Waals surface area contributed by atoms with Crippen LogP contribution >= 0.6 is 0 Å². The minimum absolute atomic E-state index is 0.0302. The van der Waals surface area contributed by atoms with Crippen molar-refractivity contribution in [1.29, 1.82) is 0 Å². The number of hydrogen-bond acceptors (Lipinski definition) is 3. The molecule has 80 valence electrons. The molecule has 1 aliphatic carbocycles. The van der Waals surface area contributed by atoms with Gasteiger partial charge < -0.3 is 10.1 Å². The Balaban J connectivity index is 2.31. The van der Waals surface area contributed by atoms with Gasteiger partial charge >= 0.3 is 6.09 Å². The molecule has 0 spiro atoms. The second-order valence-corrected chi connectivity index (χ2v) is 4.62. The van der Waals surface area contributed by atoms with Gasteiger partial charge in [-0.05, 0) is 27.2 Å². The largest absolute Gasteiger partial charge is 0.444 e. The molecule has 1 rings (SSSR count). The lowest BCUT2D eigenvalue weighted by molar-refractivity contribution is -0.117. The molecule has 0 heterocycles. The van der Waals surface area contributed by atoms with Gasteiger partial charge in [0.1, 0.15) is 11.4 Å². The van der Waals surface area contributed by atoms with Gasteiger partial charge in [0.25, 0.3) is 0 Å². The number of alkyl carbamates (subject to hydrolysis) is 1. The molecule has 4 heteroatoms. The van der Waals surface area contributed by atoms with Crippen molar-refractivity contribution in [2.75, 3.05) is 0 Å². The van der Waals surface area contributed by atoms with Crippen molar-refractivity contribution in [1.82, 2.24) is 5.32 Å². The minimum Gasteiger partial charge on any atom is -0.444 e. The molecule has 1 N–H and O–H groups in total. The molecule has 14 heavy (non-hydrogen) atoms. The molecule has 1 saturated carbocycles. The predicted octanol–water partition coefficient (Wildman–Crippen LogP) is 1.63. The molecule has 0 radical (unpaired) electrons. The van der Waals surface area contributed by atoms with Crippen LogP contribution in [-0.4, -0.2) is 23.5 Å². The van der Waals surface area contributed by atoms with Gasteiger partial charge in [0, 0.05) is 18.9 Å². The topological polar surface area (TPSA) is 55.4 Å². The van der Waals surface area contributed by atoms with E-state index in [0.717, 1.165) is 6.42 Å². The van der Waals surface area contributed by atoms with Crippen LogP contribution in [0.25, 0.3) is 0 Å². The van der Waals surface area contributed by atoms with Crippen molar-refractivity contribution in [3.8, 4) is 0 Å². The van der Waals surface area contributed by atoms with Crippen molar-refractivity contribution in [2.24, 2.45) is 0 Å². The zero-order valence-electron chi connectivity index (χ0n) is 8.92. The van der Waals surface area contributed by atoms with Gasteiger partial charge in [0.2, 0.25) is 0 Å². The van der Waals surface area contributed by atoms with Gasteiger partial charge in [-0.15, -0.1) is 0 Å². The fraction of sp³-hybridized carbons (Fsp3) is 0.800. The predicted molar refractivity (Wildman–Crippen MR) is 52.0 cm³/mol. The molecule has 1 amide bonds. The van der Waals surface area contributed by atoms with Gasteiger partial charge in [0.15, 0.2) is 0 Å². The number of ketones is 1. The molecule has 0 unspecified atom stereocenters. The summed E-state index contributed by atoms with van der Waals surface area (Å²) in [7, 11) is 0. The summed E-state index contributed by atoms with van der Waals surface area (Å²) in [4.78, 5) is 22.2. The SMILES string of the molecule is CC(C)(C)OC(=O)N[C@@H]1CCC(=O)C1. The van der Waals surface area contributed by atoms with Crippen LogP contribution in [-0.2, 0) is 9.53 Å². The Kier molecular flexibility index (Phi) is 3.13. The van der Waals surface area contributed by atoms with E-state index in [1.807, 2.05) is 20.8 Å². The zero-order valence-corrected chi connectivity index (χ0v) is 8.92. The Morgan fingerprint density at radius 2 is 2.14 bits per heavy atom. The van der Waals surface area contributed by atoms with E-state index in [-0.39, 0.29) is 11.8 Å². The van der Waals surface area contributed by atoms with E-state index in [0.29, 0.717) is 12.8 Å². The fourth-order valence-electron chi connectivity index (χ4n) is 1.41. The Hall–Kier alpha value is -1.06. The monoisotopic (exact) mass is 199 g/mol. The van der Waals surface area contributed by atoms with Crippen LogP contribution in [0.5, 0.6) is 0 Å². The van der Waals surface area contributed by atoms with Crippen LogP contribution in [0.2, 0.25) is 0 Å². The molecular formula is C10H17NO3. The van der Waals surface area contributed by atoms with Crippen molar-refractivity contribution in [3.63, 3.8) is 0 Å². The minimum atomic E-state index is -0.479. The number of hydrogen-bond donors (Lipinski definition) is 1. The molecule has 0 saturated heterocycles. The Morgan fingerprint density at radius 3 is 2.57 bits per heavy atom. The number of nitrogens with one attached hydrogen (secondary N) is 1. The molecule has 4 nitrogen and oxygen atoms in total. The van der Waals surface area contributed by atoms with Crippen LogP contribution in [0.15, 0.2) is 0 Å². The number of amides is 1. The van der Waals surface area contributed by atoms with Crippen molar-refractivity contribution in [3.05, 3.63) is 0 Å². The van der Waals surface area contributed by atoms with Crippen molar-refractivity contribution in [2.45, 2.75) is 51.7 Å². The average molecular weight is 199 g/mol. The van der Waals surface area contributed by atoms with Crippen molar-refractivity contribution >= 4 is 11.9 Å². The molecular weight excluding hydrogens is 182 g/mol. The van der Waals surface area contributed by atoms with E-state index in [9.17, 15) is 9.59 Å². The first-order chi connectivity index (χ1) is 6.37. The third-order valence-corrected chi connectivity index (χ3v) is 1.97. The van der Waals surface area contributed by atoms with Crippen molar-refractivity contribution < 1.29 is 14.3 Å². The van der Waals surface area contributed by atoms with Gasteiger partial charge in [-0.2, -0.15) is 0 Å². The highest BCUT2D eigenvalue weighted by Gasteiger charge is 2.25. The van der Waals surface area contributed by atoms with Gasteiger partial charge in [0.05, 0.1) is 0 Å². The lowest BCUT2D eigenvalue weighted by atomic mass is 10.2. The second-order valence-electron chi connectivity index (χ2n) is 4.62. The van der Waals surface area contributed by atoms with E-state index in [1.165, 1.54) is 0 Å². The summed E-state index contributed by atoms with van der Waals surface area (Å²) >= 11 is 0. The van der Waals surface area contributed by atoms with E-state index in [2.05, 4.69) is 5.32 Å². The molecule has 1 aliphatic rings. The lowest BCUT2D eigenvalue weighted by Gasteiger charge is -2.21. The standard InChI is InChI=1S/C10H17NO3/c1-10(2,3)14-9(13)11-7-4-5-8(12)6-7/h7H,4-6H2,1-3H3,(H,11,13)/t7-/m1/s1. The highest BCUT2D eigenvalue weighted by Crippen LogP contribution is 2.15. The lowest BCUT2D eigenvalue weighted by Crippen LogP contribution is -2.37. The first kappa shape index (κ1) is 11.0. The number of carbonyl (C=O) groups excluding carboxylic acids is 2. The molecule has 1 fully saturated rings. The molecule has 0 aromatic rings. The van der Waals surface area contributed by atoms with E-state index in [1.54, 1.807) is 0 Å². The molecule has 0 aromatic carbocycles. The highest BCUT2D eigenvalue weighted by atomic mass is 16.6. The summed E-state index contributed by atoms with van der Waals surface area (Å²) < 4.78 is 5.07. The quantitative estimate of drug-likeness (QED) is 0.698. The number of rotatable bonds is 1. The summed E-state index contributed by atoms with van der Waals surface area (Å²) in [6.07, 6.45) is 1.31. The van der Waals surface area contributed by atoms with E-state index >= 15 is 0 Å². The molecule has 0 bridgehead atoms. The maximum absolute atomic E-state index is 11.3. The van der Waals surface area contributed by atoms with Gasteiger partial charge in [-0.1, -0.05) is 0 Å². The van der Waals surface area contributed by atoms with Crippen LogP contribution in [0, 0.1) is 0 Å². The third kappa shape index (κ3) is 3.77. The highest BCUT2D eigenvalue weighted by molar-refractivity contribution is 5.82. The summed E-state index contributed by atoms with van der Waals surface area (Å²) in [6, 6.07) is -0.0302. The number of Topliss-reactive ketones (excluding diaryl/α,β-unsaturated/α-hetero) is 1. The average Bonchev–Trinajstić information content (AvgIpc) is 2.30. The van der Waals surface area contributed by atoms with Gasteiger partial charge in [-0.25, -0.2) is 4.79 Å². The summed E-state index contributed by atoms with van der Waals surface area (Å²) in [6.45, 7) is 5.44. The smallest absolute Gasteiger partial charge is 0.407 e. The van der Waals surface area contributed by atoms with E-state index < -0.39 is 11.7 Å². The van der Waals surface area contributed by atoms with E-state index in [4.69, 9.17) is 4.74 Å². The maximum Gasteiger partial charge on any atom is 0.407 e. The summed E-state index contributed by atoms with van der Waals surface area (Å²) in [5, 5.41) is 2.68. The Bertz CT molecular complexity index is 242. The second kappa shape index (κ2) is 3.98. The first-order valence-electron chi connectivity index (χ1n) is 4.88. The fourth-order valence-corrected chi connectivity index (χ4v) is 1.41. The first-order valence-corrected chi connectivity index (χ1v) is 4.88.